The van der Waals surface area contributed by atoms with E-state index in [-0.39, 0.29) is 0 Å². The molecule has 0 aromatic carbocycles. The Hall–Kier alpha value is -0.0800. The SMILES string of the molecule is C1CC(CCC2CO2)CO1. The summed E-state index contributed by atoms with van der Waals surface area (Å²) in [4.78, 5) is 0. The van der Waals surface area contributed by atoms with Gasteiger partial charge in [0.2, 0.25) is 0 Å². The lowest BCUT2D eigenvalue weighted by Crippen LogP contribution is -2.00. The van der Waals surface area contributed by atoms with E-state index in [1.54, 1.807) is 0 Å². The van der Waals surface area contributed by atoms with Crippen molar-refractivity contribution in [1.29, 1.82) is 0 Å². The molecule has 2 saturated heterocycles. The van der Waals surface area contributed by atoms with Gasteiger partial charge in [-0.1, -0.05) is 0 Å². The molecule has 0 saturated carbocycles. The Morgan fingerprint density at radius 3 is 2.70 bits per heavy atom. The summed E-state index contributed by atoms with van der Waals surface area (Å²) >= 11 is 0. The maximum absolute atomic E-state index is 5.27. The predicted molar refractivity (Wildman–Crippen MR) is 37.9 cm³/mol. The van der Waals surface area contributed by atoms with Gasteiger partial charge in [-0.15, -0.1) is 0 Å². The molecule has 2 rings (SSSR count). The third kappa shape index (κ3) is 1.70. The Labute approximate surface area is 61.5 Å². The van der Waals surface area contributed by atoms with Crippen molar-refractivity contribution in [3.8, 4) is 0 Å². The van der Waals surface area contributed by atoms with E-state index in [1.165, 1.54) is 19.3 Å². The van der Waals surface area contributed by atoms with Gasteiger partial charge in [-0.3, -0.25) is 0 Å². The van der Waals surface area contributed by atoms with Crippen LogP contribution in [0.5, 0.6) is 0 Å². The van der Waals surface area contributed by atoms with Gasteiger partial charge in [0.15, 0.2) is 0 Å². The minimum Gasteiger partial charge on any atom is -0.381 e. The van der Waals surface area contributed by atoms with E-state index in [9.17, 15) is 0 Å². The summed E-state index contributed by atoms with van der Waals surface area (Å²) < 4.78 is 10.4. The highest BCUT2D eigenvalue weighted by atomic mass is 16.6. The minimum atomic E-state index is 0.612. The number of hydrogen-bond donors (Lipinski definition) is 0. The van der Waals surface area contributed by atoms with Crippen molar-refractivity contribution in [3.63, 3.8) is 0 Å². The Morgan fingerprint density at radius 1 is 1.20 bits per heavy atom. The van der Waals surface area contributed by atoms with E-state index in [4.69, 9.17) is 9.47 Å². The number of rotatable bonds is 3. The molecule has 10 heavy (non-hydrogen) atoms. The zero-order valence-corrected chi connectivity index (χ0v) is 6.21. The highest BCUT2D eigenvalue weighted by Gasteiger charge is 2.24. The van der Waals surface area contributed by atoms with Crippen LogP contribution in [0, 0.1) is 5.92 Å². The van der Waals surface area contributed by atoms with Crippen molar-refractivity contribution < 1.29 is 9.47 Å². The Kier molecular flexibility index (Phi) is 1.91. The van der Waals surface area contributed by atoms with Crippen molar-refractivity contribution in [1.82, 2.24) is 0 Å². The second-order valence-corrected chi connectivity index (χ2v) is 3.26. The molecule has 0 N–H and O–H groups in total. The van der Waals surface area contributed by atoms with Gasteiger partial charge in [0, 0.05) is 13.2 Å². The minimum absolute atomic E-state index is 0.612. The average Bonchev–Trinajstić information content (AvgIpc) is 2.63. The van der Waals surface area contributed by atoms with Crippen LogP contribution in [0.25, 0.3) is 0 Å². The number of epoxide rings is 1. The van der Waals surface area contributed by atoms with E-state index in [2.05, 4.69) is 0 Å². The van der Waals surface area contributed by atoms with Gasteiger partial charge in [0.05, 0.1) is 12.7 Å². The summed E-state index contributed by atoms with van der Waals surface area (Å²) in [7, 11) is 0. The lowest BCUT2D eigenvalue weighted by atomic mass is 10.0. The van der Waals surface area contributed by atoms with Gasteiger partial charge in [0.1, 0.15) is 0 Å². The van der Waals surface area contributed by atoms with Gasteiger partial charge in [-0.25, -0.2) is 0 Å². The molecular weight excluding hydrogens is 128 g/mol. The second-order valence-electron chi connectivity index (χ2n) is 3.26. The smallest absolute Gasteiger partial charge is 0.0810 e. The molecule has 0 aromatic rings. The van der Waals surface area contributed by atoms with Crippen LogP contribution in [0.4, 0.5) is 0 Å². The van der Waals surface area contributed by atoms with Crippen LogP contribution in [0.2, 0.25) is 0 Å². The molecule has 0 bridgehead atoms. The van der Waals surface area contributed by atoms with Crippen LogP contribution in [0.3, 0.4) is 0 Å². The van der Waals surface area contributed by atoms with Crippen molar-refractivity contribution in [2.75, 3.05) is 19.8 Å². The first-order valence-electron chi connectivity index (χ1n) is 4.14. The Morgan fingerprint density at radius 2 is 2.10 bits per heavy atom. The maximum Gasteiger partial charge on any atom is 0.0810 e. The van der Waals surface area contributed by atoms with E-state index in [0.717, 1.165) is 25.7 Å². The van der Waals surface area contributed by atoms with E-state index in [1.807, 2.05) is 0 Å². The summed E-state index contributed by atoms with van der Waals surface area (Å²) in [6.07, 6.45) is 4.45. The molecule has 0 aromatic heterocycles. The van der Waals surface area contributed by atoms with Crippen LogP contribution in [-0.2, 0) is 9.47 Å². The topological polar surface area (TPSA) is 21.8 Å². The summed E-state index contributed by atoms with van der Waals surface area (Å²) in [6, 6.07) is 0. The average molecular weight is 142 g/mol. The molecular formula is C8H14O2. The lowest BCUT2D eigenvalue weighted by Gasteiger charge is -2.03. The molecule has 2 fully saturated rings. The van der Waals surface area contributed by atoms with E-state index in [0.29, 0.717) is 6.10 Å². The van der Waals surface area contributed by atoms with Crippen molar-refractivity contribution >= 4 is 0 Å². The molecule has 2 heterocycles. The molecule has 0 radical (unpaired) electrons. The number of ether oxygens (including phenoxy) is 2. The third-order valence-electron chi connectivity index (χ3n) is 2.32. The quantitative estimate of drug-likeness (QED) is 0.552. The number of hydrogen-bond acceptors (Lipinski definition) is 2. The maximum atomic E-state index is 5.27. The second kappa shape index (κ2) is 2.89. The van der Waals surface area contributed by atoms with Gasteiger partial charge in [-0.05, 0) is 25.2 Å². The first-order valence-corrected chi connectivity index (χ1v) is 4.14. The third-order valence-corrected chi connectivity index (χ3v) is 2.32. The molecule has 0 aliphatic carbocycles. The highest BCUT2D eigenvalue weighted by Crippen LogP contribution is 2.23. The van der Waals surface area contributed by atoms with Gasteiger partial charge < -0.3 is 9.47 Å². The first-order chi connectivity index (χ1) is 4.95. The van der Waals surface area contributed by atoms with Crippen LogP contribution >= 0.6 is 0 Å². The first kappa shape index (κ1) is 6.62. The highest BCUT2D eigenvalue weighted by molar-refractivity contribution is 4.72. The van der Waals surface area contributed by atoms with Gasteiger partial charge >= 0.3 is 0 Å². The molecule has 2 atom stereocenters. The Balaban J connectivity index is 1.59. The zero-order chi connectivity index (χ0) is 6.81. The summed E-state index contributed by atoms with van der Waals surface area (Å²) in [5.41, 5.74) is 0. The van der Waals surface area contributed by atoms with Crippen molar-refractivity contribution in [2.24, 2.45) is 5.92 Å². The molecule has 2 unspecified atom stereocenters. The fourth-order valence-electron chi connectivity index (χ4n) is 1.47. The molecule has 58 valence electrons. The molecule has 2 aliphatic rings. The zero-order valence-electron chi connectivity index (χ0n) is 6.21. The van der Waals surface area contributed by atoms with Crippen LogP contribution in [0.1, 0.15) is 19.3 Å². The van der Waals surface area contributed by atoms with Crippen LogP contribution in [-0.4, -0.2) is 25.9 Å². The predicted octanol–water partition coefficient (Wildman–Crippen LogP) is 1.20. The van der Waals surface area contributed by atoms with Crippen molar-refractivity contribution in [2.45, 2.75) is 25.4 Å². The molecule has 2 heteroatoms. The van der Waals surface area contributed by atoms with Crippen molar-refractivity contribution in [3.05, 3.63) is 0 Å². The van der Waals surface area contributed by atoms with Crippen LogP contribution in [0.15, 0.2) is 0 Å². The van der Waals surface area contributed by atoms with Gasteiger partial charge in [-0.2, -0.15) is 0 Å². The standard InChI is InChI=1S/C8H14O2/c1(2-8-6-10-8)7-3-4-9-5-7/h7-8H,1-6H2. The fourth-order valence-corrected chi connectivity index (χ4v) is 1.47. The van der Waals surface area contributed by atoms with E-state index < -0.39 is 0 Å². The Bertz CT molecular complexity index is 104. The molecule has 0 spiro atoms. The van der Waals surface area contributed by atoms with Crippen LogP contribution < -0.4 is 0 Å². The molecule has 0 amide bonds. The monoisotopic (exact) mass is 142 g/mol. The summed E-state index contributed by atoms with van der Waals surface area (Å²) in [5.74, 6) is 0.837. The normalized spacial score (nSPS) is 38.4. The summed E-state index contributed by atoms with van der Waals surface area (Å²) in [5, 5.41) is 0. The fraction of sp³-hybridized carbons (Fsp3) is 1.00. The van der Waals surface area contributed by atoms with E-state index >= 15 is 0 Å². The largest absolute Gasteiger partial charge is 0.381 e. The molecule has 2 aliphatic heterocycles. The van der Waals surface area contributed by atoms with Gasteiger partial charge in [0.25, 0.3) is 0 Å². The molecule has 2 nitrogen and oxygen atoms in total. The lowest BCUT2D eigenvalue weighted by molar-refractivity contribution is 0.183. The summed E-state index contributed by atoms with van der Waals surface area (Å²) in [6.45, 7) is 2.98.